The molecule has 0 aromatic heterocycles. The number of benzene rings is 2. The van der Waals surface area contributed by atoms with Gasteiger partial charge in [-0.05, 0) is 43.0 Å². The van der Waals surface area contributed by atoms with Gasteiger partial charge in [-0.2, -0.15) is 0 Å². The summed E-state index contributed by atoms with van der Waals surface area (Å²) < 4.78 is 5.99. The first kappa shape index (κ1) is 14.6. The van der Waals surface area contributed by atoms with Crippen LogP contribution in [-0.4, -0.2) is 6.10 Å². The molecule has 0 spiro atoms. The van der Waals surface area contributed by atoms with Gasteiger partial charge in [-0.15, -0.1) is 0 Å². The number of nitrogens with two attached hydrogens (primary N) is 1. The van der Waals surface area contributed by atoms with Crippen molar-refractivity contribution in [2.45, 2.75) is 39.3 Å². The van der Waals surface area contributed by atoms with Crippen molar-refractivity contribution >= 4 is 0 Å². The number of hydrogen-bond donors (Lipinski definition) is 1. The number of ether oxygens (including phenoxy) is 1. The second-order valence-electron chi connectivity index (χ2n) is 5.21. The molecule has 0 saturated heterocycles. The summed E-state index contributed by atoms with van der Waals surface area (Å²) >= 11 is 0. The van der Waals surface area contributed by atoms with Gasteiger partial charge in [0.15, 0.2) is 0 Å². The van der Waals surface area contributed by atoms with E-state index < -0.39 is 0 Å². The summed E-state index contributed by atoms with van der Waals surface area (Å²) in [7, 11) is 0. The molecule has 20 heavy (non-hydrogen) atoms. The lowest BCUT2D eigenvalue weighted by Crippen LogP contribution is -2.28. The lowest BCUT2D eigenvalue weighted by molar-refractivity contribution is 0.189. The van der Waals surface area contributed by atoms with Gasteiger partial charge in [0.25, 0.3) is 0 Å². The summed E-state index contributed by atoms with van der Waals surface area (Å²) in [6, 6.07) is 16.4. The van der Waals surface area contributed by atoms with Crippen LogP contribution in [-0.2, 0) is 6.42 Å². The van der Waals surface area contributed by atoms with Gasteiger partial charge in [0.2, 0.25) is 0 Å². The van der Waals surface area contributed by atoms with Crippen molar-refractivity contribution in [3.8, 4) is 5.75 Å². The van der Waals surface area contributed by atoms with Crippen molar-refractivity contribution < 1.29 is 4.74 Å². The zero-order valence-corrected chi connectivity index (χ0v) is 12.5. The molecule has 0 radical (unpaired) electrons. The highest BCUT2D eigenvalue weighted by Crippen LogP contribution is 2.23. The lowest BCUT2D eigenvalue weighted by atomic mass is 10.0. The average Bonchev–Trinajstić information content (AvgIpc) is 2.49. The van der Waals surface area contributed by atoms with Crippen LogP contribution in [0.4, 0.5) is 0 Å². The van der Waals surface area contributed by atoms with Gasteiger partial charge >= 0.3 is 0 Å². The van der Waals surface area contributed by atoms with Crippen LogP contribution in [0, 0.1) is 6.92 Å². The largest absolute Gasteiger partial charge is 0.488 e. The monoisotopic (exact) mass is 269 g/mol. The molecule has 0 aliphatic carbocycles. The predicted molar refractivity (Wildman–Crippen MR) is 84.0 cm³/mol. The van der Waals surface area contributed by atoms with E-state index in [0.29, 0.717) is 0 Å². The summed E-state index contributed by atoms with van der Waals surface area (Å²) in [5.74, 6) is 0.903. The number of aryl methyl sites for hydroxylation is 2. The van der Waals surface area contributed by atoms with Gasteiger partial charge in [0.1, 0.15) is 11.9 Å². The highest BCUT2D eigenvalue weighted by Gasteiger charge is 2.17. The maximum Gasteiger partial charge on any atom is 0.122 e. The van der Waals surface area contributed by atoms with Crippen LogP contribution >= 0.6 is 0 Å². The van der Waals surface area contributed by atoms with E-state index >= 15 is 0 Å². The molecule has 0 saturated carbocycles. The van der Waals surface area contributed by atoms with E-state index in [1.165, 1.54) is 5.56 Å². The van der Waals surface area contributed by atoms with E-state index in [2.05, 4.69) is 31.2 Å². The summed E-state index contributed by atoms with van der Waals surface area (Å²) in [4.78, 5) is 0. The first-order valence-electron chi connectivity index (χ1n) is 7.18. The van der Waals surface area contributed by atoms with Crippen LogP contribution in [0.3, 0.4) is 0 Å². The molecule has 2 aromatic carbocycles. The Hall–Kier alpha value is -1.80. The Morgan fingerprint density at radius 3 is 2.30 bits per heavy atom. The molecule has 2 N–H and O–H groups in total. The molecule has 2 heteroatoms. The summed E-state index contributed by atoms with van der Waals surface area (Å²) in [5.41, 5.74) is 9.88. The standard InChI is InChI=1S/C18H23NO/c1-4-15-9-11-16(12-10-15)18(19)14(3)20-17-8-6-5-7-13(17)2/h5-12,14,18H,4,19H2,1-3H3. The molecule has 0 fully saturated rings. The fourth-order valence-corrected chi connectivity index (χ4v) is 2.21. The average molecular weight is 269 g/mol. The third kappa shape index (κ3) is 3.40. The minimum absolute atomic E-state index is 0.0661. The van der Waals surface area contributed by atoms with E-state index in [1.54, 1.807) is 0 Å². The molecular weight excluding hydrogens is 246 g/mol. The van der Waals surface area contributed by atoms with E-state index in [-0.39, 0.29) is 12.1 Å². The minimum Gasteiger partial charge on any atom is -0.488 e. The van der Waals surface area contributed by atoms with Crippen LogP contribution < -0.4 is 10.5 Å². The minimum atomic E-state index is -0.125. The van der Waals surface area contributed by atoms with Gasteiger partial charge in [-0.3, -0.25) is 0 Å². The zero-order chi connectivity index (χ0) is 14.5. The third-order valence-corrected chi connectivity index (χ3v) is 3.69. The van der Waals surface area contributed by atoms with Crippen molar-refractivity contribution in [3.63, 3.8) is 0 Å². The molecular formula is C18H23NO. The van der Waals surface area contributed by atoms with Crippen LogP contribution in [0.2, 0.25) is 0 Å². The van der Waals surface area contributed by atoms with Crippen molar-refractivity contribution in [3.05, 3.63) is 65.2 Å². The molecule has 2 aromatic rings. The molecule has 0 aliphatic heterocycles. The summed E-state index contributed by atoms with van der Waals surface area (Å²) in [6.07, 6.45) is 0.980. The normalized spacial score (nSPS) is 13.8. The van der Waals surface area contributed by atoms with Crippen molar-refractivity contribution in [1.29, 1.82) is 0 Å². The van der Waals surface area contributed by atoms with E-state index in [4.69, 9.17) is 10.5 Å². The predicted octanol–water partition coefficient (Wildman–Crippen LogP) is 4.02. The molecule has 0 aliphatic rings. The summed E-state index contributed by atoms with van der Waals surface area (Å²) in [5, 5.41) is 0. The molecule has 0 bridgehead atoms. The van der Waals surface area contributed by atoms with Gasteiger partial charge in [0.05, 0.1) is 6.04 Å². The van der Waals surface area contributed by atoms with Crippen LogP contribution in [0.25, 0.3) is 0 Å². The molecule has 2 unspecified atom stereocenters. The van der Waals surface area contributed by atoms with Crippen LogP contribution in [0.15, 0.2) is 48.5 Å². The highest BCUT2D eigenvalue weighted by atomic mass is 16.5. The van der Waals surface area contributed by atoms with E-state index in [0.717, 1.165) is 23.3 Å². The smallest absolute Gasteiger partial charge is 0.122 e. The van der Waals surface area contributed by atoms with E-state index in [9.17, 15) is 0 Å². The second kappa shape index (κ2) is 6.58. The Bertz CT molecular complexity index is 548. The first-order chi connectivity index (χ1) is 9.61. The van der Waals surface area contributed by atoms with Crippen LogP contribution in [0.1, 0.15) is 36.6 Å². The SMILES string of the molecule is CCc1ccc(C(N)C(C)Oc2ccccc2C)cc1. The van der Waals surface area contributed by atoms with Crippen LogP contribution in [0.5, 0.6) is 5.75 Å². The Labute approximate surface area is 121 Å². The van der Waals surface area contributed by atoms with Gasteiger partial charge < -0.3 is 10.5 Å². The maximum atomic E-state index is 6.30. The Morgan fingerprint density at radius 1 is 1.05 bits per heavy atom. The third-order valence-electron chi connectivity index (χ3n) is 3.69. The maximum absolute atomic E-state index is 6.30. The fraction of sp³-hybridized carbons (Fsp3) is 0.333. The second-order valence-corrected chi connectivity index (χ2v) is 5.21. The molecule has 2 nitrogen and oxygen atoms in total. The molecule has 0 amide bonds. The molecule has 2 atom stereocenters. The quantitative estimate of drug-likeness (QED) is 0.889. The van der Waals surface area contributed by atoms with E-state index in [1.807, 2.05) is 38.1 Å². The lowest BCUT2D eigenvalue weighted by Gasteiger charge is -2.23. The first-order valence-corrected chi connectivity index (χ1v) is 7.18. The molecule has 106 valence electrons. The molecule has 0 heterocycles. The topological polar surface area (TPSA) is 35.2 Å². The van der Waals surface area contributed by atoms with Gasteiger partial charge in [-0.25, -0.2) is 0 Å². The Balaban J connectivity index is 2.08. The van der Waals surface area contributed by atoms with Gasteiger partial charge in [-0.1, -0.05) is 49.4 Å². The van der Waals surface area contributed by atoms with Crippen molar-refractivity contribution in [2.24, 2.45) is 5.73 Å². The van der Waals surface area contributed by atoms with Crippen molar-refractivity contribution in [2.75, 3.05) is 0 Å². The molecule has 2 rings (SSSR count). The van der Waals surface area contributed by atoms with Gasteiger partial charge in [0, 0.05) is 0 Å². The fourth-order valence-electron chi connectivity index (χ4n) is 2.21. The number of rotatable bonds is 5. The Morgan fingerprint density at radius 2 is 1.70 bits per heavy atom. The highest BCUT2D eigenvalue weighted by molar-refractivity contribution is 5.32. The van der Waals surface area contributed by atoms with Crippen molar-refractivity contribution in [1.82, 2.24) is 0 Å². The number of para-hydroxylation sites is 1. The Kier molecular flexibility index (Phi) is 4.80. The zero-order valence-electron chi connectivity index (χ0n) is 12.5. The number of hydrogen-bond acceptors (Lipinski definition) is 2. The summed E-state index contributed by atoms with van der Waals surface area (Å²) in [6.45, 7) is 6.22.